The Labute approximate surface area is 189 Å². The molecule has 0 bridgehead atoms. The lowest BCUT2D eigenvalue weighted by Crippen LogP contribution is -2.12. The predicted molar refractivity (Wildman–Crippen MR) is 125 cm³/mol. The van der Waals surface area contributed by atoms with Crippen molar-refractivity contribution in [3.05, 3.63) is 59.8 Å². The summed E-state index contributed by atoms with van der Waals surface area (Å²) in [6, 6.07) is 10.4. The molecule has 3 rings (SSSR count). The number of hydrogen-bond donors (Lipinski definition) is 0. The minimum Gasteiger partial charge on any atom is -0.496 e. The van der Waals surface area contributed by atoms with Crippen LogP contribution in [0.15, 0.2) is 52.9 Å². The molecule has 32 heavy (non-hydrogen) atoms. The molecule has 1 aromatic heterocycles. The molecular formula is C24H29N3O4S. The molecule has 170 valence electrons. The van der Waals surface area contributed by atoms with E-state index in [1.807, 2.05) is 19.1 Å². The molecule has 1 heterocycles. The fraction of sp³-hybridized carbons (Fsp3) is 0.333. The quantitative estimate of drug-likeness (QED) is 0.533. The average molecular weight is 456 g/mol. The number of aromatic nitrogens is 3. The number of nitrogens with zero attached hydrogens (tertiary/aromatic N) is 3. The lowest BCUT2D eigenvalue weighted by molar-refractivity contribution is 0.399. The Morgan fingerprint density at radius 2 is 1.62 bits per heavy atom. The maximum absolute atomic E-state index is 13.3. The summed E-state index contributed by atoms with van der Waals surface area (Å²) >= 11 is 0. The SMILES string of the molecule is C=C(C)c1cc(OC)c(-n2nnc(S(=O)(=O)c3ccc(C(C)(C)C)cc3)c2C)cc1OC. The zero-order chi connectivity index (χ0) is 23.8. The van der Waals surface area contributed by atoms with Crippen molar-refractivity contribution >= 4 is 15.4 Å². The summed E-state index contributed by atoms with van der Waals surface area (Å²) in [6.07, 6.45) is 0. The number of allylic oxidation sites excluding steroid dienone is 1. The Balaban J connectivity index is 2.11. The van der Waals surface area contributed by atoms with Crippen LogP contribution in [-0.4, -0.2) is 37.6 Å². The van der Waals surface area contributed by atoms with E-state index in [1.165, 1.54) is 11.8 Å². The van der Waals surface area contributed by atoms with Crippen molar-refractivity contribution in [2.24, 2.45) is 0 Å². The van der Waals surface area contributed by atoms with Gasteiger partial charge in [0.15, 0.2) is 0 Å². The van der Waals surface area contributed by atoms with E-state index in [4.69, 9.17) is 9.47 Å². The molecule has 0 amide bonds. The Kier molecular flexibility index (Phi) is 6.20. The Morgan fingerprint density at radius 3 is 2.12 bits per heavy atom. The molecule has 0 unspecified atom stereocenters. The molecule has 0 saturated heterocycles. The number of ether oxygens (including phenoxy) is 2. The van der Waals surface area contributed by atoms with E-state index >= 15 is 0 Å². The van der Waals surface area contributed by atoms with Crippen LogP contribution < -0.4 is 9.47 Å². The van der Waals surface area contributed by atoms with Gasteiger partial charge in [-0.05, 0) is 48.6 Å². The van der Waals surface area contributed by atoms with E-state index in [2.05, 4.69) is 37.7 Å². The predicted octanol–water partition coefficient (Wildman–Crippen LogP) is 4.76. The second kappa shape index (κ2) is 8.43. The second-order valence-electron chi connectivity index (χ2n) is 8.67. The maximum Gasteiger partial charge on any atom is 0.227 e. The number of rotatable bonds is 6. The zero-order valence-electron chi connectivity index (χ0n) is 19.6. The third-order valence-corrected chi connectivity index (χ3v) is 7.11. The van der Waals surface area contributed by atoms with E-state index in [9.17, 15) is 8.42 Å². The van der Waals surface area contributed by atoms with Crippen molar-refractivity contribution in [3.63, 3.8) is 0 Å². The van der Waals surface area contributed by atoms with Crippen LogP contribution in [0.4, 0.5) is 0 Å². The van der Waals surface area contributed by atoms with Crippen LogP contribution in [0.5, 0.6) is 11.5 Å². The molecule has 0 spiro atoms. The lowest BCUT2D eigenvalue weighted by Gasteiger charge is -2.19. The highest BCUT2D eigenvalue weighted by molar-refractivity contribution is 7.91. The normalized spacial score (nSPS) is 12.0. The molecule has 0 saturated carbocycles. The van der Waals surface area contributed by atoms with Crippen molar-refractivity contribution in [2.75, 3.05) is 14.2 Å². The fourth-order valence-electron chi connectivity index (χ4n) is 3.42. The molecule has 0 radical (unpaired) electrons. The van der Waals surface area contributed by atoms with Gasteiger partial charge >= 0.3 is 0 Å². The van der Waals surface area contributed by atoms with Crippen LogP contribution in [0.25, 0.3) is 11.3 Å². The van der Waals surface area contributed by atoms with Crippen LogP contribution >= 0.6 is 0 Å². The molecule has 0 aliphatic carbocycles. The molecule has 0 fully saturated rings. The fourth-order valence-corrected chi connectivity index (χ4v) is 4.76. The topological polar surface area (TPSA) is 83.3 Å². The number of methoxy groups -OCH3 is 2. The van der Waals surface area contributed by atoms with Gasteiger partial charge in [0, 0.05) is 11.6 Å². The van der Waals surface area contributed by atoms with Gasteiger partial charge in [-0.2, -0.15) is 0 Å². The summed E-state index contributed by atoms with van der Waals surface area (Å²) in [6.45, 7) is 13.7. The maximum atomic E-state index is 13.3. The minimum atomic E-state index is -3.86. The van der Waals surface area contributed by atoms with E-state index in [-0.39, 0.29) is 15.3 Å². The van der Waals surface area contributed by atoms with Crippen LogP contribution in [0.2, 0.25) is 0 Å². The summed E-state index contributed by atoms with van der Waals surface area (Å²) in [7, 11) is -0.762. The molecule has 2 aromatic carbocycles. The first-order chi connectivity index (χ1) is 14.9. The van der Waals surface area contributed by atoms with Gasteiger partial charge in [0.05, 0.1) is 24.8 Å². The van der Waals surface area contributed by atoms with Crippen molar-refractivity contribution in [3.8, 4) is 17.2 Å². The highest BCUT2D eigenvalue weighted by Gasteiger charge is 2.28. The van der Waals surface area contributed by atoms with Gasteiger partial charge in [-0.1, -0.05) is 44.7 Å². The van der Waals surface area contributed by atoms with Crippen molar-refractivity contribution in [1.29, 1.82) is 0 Å². The monoisotopic (exact) mass is 455 g/mol. The molecular weight excluding hydrogens is 426 g/mol. The highest BCUT2D eigenvalue weighted by atomic mass is 32.2. The molecule has 0 aliphatic rings. The van der Waals surface area contributed by atoms with Gasteiger partial charge in [0.1, 0.15) is 17.2 Å². The third-order valence-electron chi connectivity index (χ3n) is 5.33. The number of sulfone groups is 1. The van der Waals surface area contributed by atoms with Crippen molar-refractivity contribution in [1.82, 2.24) is 15.0 Å². The summed E-state index contributed by atoms with van der Waals surface area (Å²) in [4.78, 5) is 0.169. The summed E-state index contributed by atoms with van der Waals surface area (Å²) in [5.41, 5.74) is 3.46. The standard InChI is InChI=1S/C24H29N3O4S/c1-15(2)19-13-22(31-8)20(14-21(19)30-7)27-16(3)23(25-26-27)32(28,29)18-11-9-17(10-12-18)24(4,5)6/h9-14H,1H2,2-8H3. The van der Waals surface area contributed by atoms with Crippen LogP contribution in [0.1, 0.15) is 44.5 Å². The largest absolute Gasteiger partial charge is 0.496 e. The van der Waals surface area contributed by atoms with Gasteiger partial charge in [0.2, 0.25) is 14.9 Å². The summed E-state index contributed by atoms with van der Waals surface area (Å²) in [5, 5.41) is 8.03. The number of hydrogen-bond acceptors (Lipinski definition) is 6. The molecule has 3 aromatic rings. The molecule has 8 heteroatoms. The first-order valence-electron chi connectivity index (χ1n) is 10.1. The van der Waals surface area contributed by atoms with Crippen molar-refractivity contribution < 1.29 is 17.9 Å². The van der Waals surface area contributed by atoms with Gasteiger partial charge in [-0.25, -0.2) is 13.1 Å². The average Bonchev–Trinajstić information content (AvgIpc) is 3.14. The number of benzene rings is 2. The smallest absolute Gasteiger partial charge is 0.227 e. The molecule has 0 N–H and O–H groups in total. The minimum absolute atomic E-state index is 0.0765. The van der Waals surface area contributed by atoms with Crippen LogP contribution in [-0.2, 0) is 15.3 Å². The summed E-state index contributed by atoms with van der Waals surface area (Å²) in [5.74, 6) is 1.07. The zero-order valence-corrected chi connectivity index (χ0v) is 20.4. The molecule has 0 aliphatic heterocycles. The first kappa shape index (κ1) is 23.5. The van der Waals surface area contributed by atoms with Crippen LogP contribution in [0, 0.1) is 6.92 Å². The van der Waals surface area contributed by atoms with Gasteiger partial charge in [0.25, 0.3) is 0 Å². The first-order valence-corrected chi connectivity index (χ1v) is 11.6. The Bertz CT molecular complexity index is 1270. The van der Waals surface area contributed by atoms with E-state index in [0.717, 1.165) is 16.7 Å². The van der Waals surface area contributed by atoms with Gasteiger partial charge < -0.3 is 9.47 Å². The third kappa shape index (κ3) is 4.14. The van der Waals surface area contributed by atoms with E-state index in [1.54, 1.807) is 38.3 Å². The van der Waals surface area contributed by atoms with Crippen molar-refractivity contribution in [2.45, 2.75) is 50.0 Å². The Morgan fingerprint density at radius 1 is 1.03 bits per heavy atom. The summed E-state index contributed by atoms with van der Waals surface area (Å²) < 4.78 is 39.1. The second-order valence-corrected chi connectivity index (χ2v) is 10.5. The van der Waals surface area contributed by atoms with Crippen LogP contribution in [0.3, 0.4) is 0 Å². The molecule has 7 nitrogen and oxygen atoms in total. The molecule has 0 atom stereocenters. The van der Waals surface area contributed by atoms with E-state index < -0.39 is 9.84 Å². The highest BCUT2D eigenvalue weighted by Crippen LogP contribution is 2.36. The Hall–Kier alpha value is -3.13. The van der Waals surface area contributed by atoms with Gasteiger partial charge in [-0.3, -0.25) is 0 Å². The van der Waals surface area contributed by atoms with E-state index in [0.29, 0.717) is 22.9 Å². The van der Waals surface area contributed by atoms with Gasteiger partial charge in [-0.15, -0.1) is 5.10 Å². The lowest BCUT2D eigenvalue weighted by atomic mass is 9.87.